The zero-order valence-electron chi connectivity index (χ0n) is 19.8. The highest BCUT2D eigenvalue weighted by molar-refractivity contribution is 5.94. The number of nitrogens with two attached hydrogens (primary N) is 3. The van der Waals surface area contributed by atoms with Crippen LogP contribution in [-0.4, -0.2) is 76.7 Å². The predicted octanol–water partition coefficient (Wildman–Crippen LogP) is -2.45. The first-order valence-corrected chi connectivity index (χ1v) is 11.1. The van der Waals surface area contributed by atoms with E-state index in [0.29, 0.717) is 13.0 Å². The van der Waals surface area contributed by atoms with Crippen LogP contribution in [0.3, 0.4) is 0 Å². The molecule has 3 amide bonds. The molecule has 0 aliphatic heterocycles. The van der Waals surface area contributed by atoms with Crippen LogP contribution in [0.15, 0.2) is 35.3 Å². The molecule has 1 aromatic carbocycles. The summed E-state index contributed by atoms with van der Waals surface area (Å²) in [7, 11) is 0. The Morgan fingerprint density at radius 3 is 2.14 bits per heavy atom. The van der Waals surface area contributed by atoms with Crippen LogP contribution in [0.2, 0.25) is 0 Å². The van der Waals surface area contributed by atoms with E-state index < -0.39 is 54.0 Å². The van der Waals surface area contributed by atoms with Crippen molar-refractivity contribution < 1.29 is 29.4 Å². The summed E-state index contributed by atoms with van der Waals surface area (Å²) < 4.78 is 0. The number of aliphatic imine (C=N–C) groups is 1. The quantitative estimate of drug-likeness (QED) is 0.0778. The molecular weight excluding hydrogens is 458 g/mol. The van der Waals surface area contributed by atoms with E-state index in [0.717, 1.165) is 5.56 Å². The molecule has 0 aromatic heterocycles. The number of benzene rings is 1. The number of carboxylic acids is 1. The minimum absolute atomic E-state index is 0.0658. The molecule has 0 saturated heterocycles. The van der Waals surface area contributed by atoms with Gasteiger partial charge in [-0.15, -0.1) is 0 Å². The zero-order chi connectivity index (χ0) is 26.5. The molecule has 0 radical (unpaired) electrons. The second-order valence-electron chi connectivity index (χ2n) is 8.10. The van der Waals surface area contributed by atoms with Crippen LogP contribution in [0.4, 0.5) is 0 Å². The number of aliphatic hydroxyl groups excluding tert-OH is 1. The lowest BCUT2D eigenvalue weighted by molar-refractivity contribution is -0.145. The highest BCUT2D eigenvalue weighted by Crippen LogP contribution is 2.06. The fourth-order valence-corrected chi connectivity index (χ4v) is 3.03. The smallest absolute Gasteiger partial charge is 0.328 e. The lowest BCUT2D eigenvalue weighted by Crippen LogP contribution is -2.57. The first kappa shape index (κ1) is 29.3. The summed E-state index contributed by atoms with van der Waals surface area (Å²) in [4.78, 5) is 53.0. The Morgan fingerprint density at radius 2 is 1.60 bits per heavy atom. The molecule has 5 unspecified atom stereocenters. The van der Waals surface area contributed by atoms with Gasteiger partial charge in [0.05, 0.1) is 12.1 Å². The number of carbonyl (C=O) groups excluding carboxylic acids is 3. The lowest BCUT2D eigenvalue weighted by atomic mass is 10.0. The van der Waals surface area contributed by atoms with Gasteiger partial charge in [-0.05, 0) is 32.3 Å². The number of aliphatic hydroxyl groups is 1. The monoisotopic (exact) mass is 493 g/mol. The second kappa shape index (κ2) is 14.5. The topological polar surface area (TPSA) is 235 Å². The van der Waals surface area contributed by atoms with Gasteiger partial charge in [0.15, 0.2) is 12.0 Å². The summed E-state index contributed by atoms with van der Waals surface area (Å²) in [5.41, 5.74) is 17.2. The third-order valence-electron chi connectivity index (χ3n) is 5.02. The molecule has 0 fully saturated rings. The SMILES string of the molecule is CC(NC(=O)C(Cc1ccccc1)NC(=O)C(N)CCCN=C(N)N)C(=O)NC(C(=O)O)C(C)O. The Hall–Kier alpha value is -3.71. The predicted molar refractivity (Wildman–Crippen MR) is 129 cm³/mol. The van der Waals surface area contributed by atoms with E-state index in [4.69, 9.17) is 22.3 Å². The number of aliphatic carboxylic acids is 1. The average Bonchev–Trinajstić information content (AvgIpc) is 2.79. The average molecular weight is 494 g/mol. The second-order valence-corrected chi connectivity index (χ2v) is 8.10. The van der Waals surface area contributed by atoms with E-state index >= 15 is 0 Å². The minimum Gasteiger partial charge on any atom is -0.480 e. The number of nitrogens with zero attached hydrogens (tertiary/aromatic N) is 1. The third-order valence-corrected chi connectivity index (χ3v) is 5.02. The highest BCUT2D eigenvalue weighted by atomic mass is 16.4. The number of amides is 3. The minimum atomic E-state index is -1.54. The number of hydrogen-bond donors (Lipinski definition) is 8. The van der Waals surface area contributed by atoms with E-state index in [2.05, 4.69) is 20.9 Å². The van der Waals surface area contributed by atoms with Crippen molar-refractivity contribution in [3.05, 3.63) is 35.9 Å². The van der Waals surface area contributed by atoms with Crippen LogP contribution in [-0.2, 0) is 25.6 Å². The summed E-state index contributed by atoms with van der Waals surface area (Å²) >= 11 is 0. The van der Waals surface area contributed by atoms with Gasteiger partial charge in [0.2, 0.25) is 17.7 Å². The summed E-state index contributed by atoms with van der Waals surface area (Å²) in [5.74, 6) is -3.53. The van der Waals surface area contributed by atoms with Gasteiger partial charge in [0, 0.05) is 13.0 Å². The molecule has 13 nitrogen and oxygen atoms in total. The van der Waals surface area contributed by atoms with Crippen molar-refractivity contribution >= 4 is 29.7 Å². The zero-order valence-corrected chi connectivity index (χ0v) is 19.8. The van der Waals surface area contributed by atoms with Crippen molar-refractivity contribution in [3.63, 3.8) is 0 Å². The number of carboxylic acid groups (broad SMARTS) is 1. The normalized spacial score (nSPS) is 15.0. The van der Waals surface area contributed by atoms with Gasteiger partial charge in [0.1, 0.15) is 12.1 Å². The van der Waals surface area contributed by atoms with E-state index in [1.54, 1.807) is 30.3 Å². The van der Waals surface area contributed by atoms with Crippen molar-refractivity contribution in [3.8, 4) is 0 Å². The Kier molecular flexibility index (Phi) is 12.2. The van der Waals surface area contributed by atoms with Crippen molar-refractivity contribution in [1.82, 2.24) is 16.0 Å². The highest BCUT2D eigenvalue weighted by Gasteiger charge is 2.30. The third kappa shape index (κ3) is 10.8. The van der Waals surface area contributed by atoms with Crippen LogP contribution in [0.5, 0.6) is 0 Å². The van der Waals surface area contributed by atoms with Gasteiger partial charge in [-0.1, -0.05) is 30.3 Å². The molecule has 0 heterocycles. The fraction of sp³-hybridized carbons (Fsp3) is 0.500. The van der Waals surface area contributed by atoms with E-state index in [9.17, 15) is 24.3 Å². The van der Waals surface area contributed by atoms with Crippen molar-refractivity contribution in [2.24, 2.45) is 22.2 Å². The molecule has 35 heavy (non-hydrogen) atoms. The van der Waals surface area contributed by atoms with Crippen LogP contribution < -0.4 is 33.2 Å². The summed E-state index contributed by atoms with van der Waals surface area (Å²) in [5, 5.41) is 25.9. The van der Waals surface area contributed by atoms with Crippen LogP contribution in [0.25, 0.3) is 0 Å². The summed E-state index contributed by atoms with van der Waals surface area (Å²) in [6, 6.07) is 4.24. The van der Waals surface area contributed by atoms with Gasteiger partial charge in [-0.25, -0.2) is 4.79 Å². The maximum atomic E-state index is 13.0. The number of guanidine groups is 1. The molecular formula is C22H35N7O6. The van der Waals surface area contributed by atoms with E-state index in [1.807, 2.05) is 0 Å². The molecule has 0 aliphatic carbocycles. The molecule has 13 heteroatoms. The number of nitrogens with one attached hydrogen (secondary N) is 3. The molecule has 11 N–H and O–H groups in total. The standard InChI is InChI=1S/C22H35N7O6/c1-12(18(31)29-17(13(2)30)21(34)35)27-20(33)16(11-14-7-4-3-5-8-14)28-19(32)15(23)9-6-10-26-22(24)25/h3-5,7-8,12-13,15-17,30H,6,9-11,23H2,1-2H3,(H,27,33)(H,28,32)(H,29,31)(H,34,35)(H4,24,25,26). The molecule has 0 aliphatic rings. The number of carbonyl (C=O) groups is 4. The Labute approximate surface area is 203 Å². The first-order chi connectivity index (χ1) is 16.4. The maximum absolute atomic E-state index is 13.0. The van der Waals surface area contributed by atoms with Gasteiger partial charge in [-0.2, -0.15) is 0 Å². The Morgan fingerprint density at radius 1 is 0.971 bits per heavy atom. The summed E-state index contributed by atoms with van der Waals surface area (Å²) in [6.45, 7) is 2.87. The fourth-order valence-electron chi connectivity index (χ4n) is 3.03. The van der Waals surface area contributed by atoms with Crippen molar-refractivity contribution in [1.29, 1.82) is 0 Å². The van der Waals surface area contributed by atoms with Gasteiger partial charge >= 0.3 is 5.97 Å². The molecule has 5 atom stereocenters. The maximum Gasteiger partial charge on any atom is 0.328 e. The molecule has 194 valence electrons. The Bertz CT molecular complexity index is 890. The number of rotatable bonds is 14. The van der Waals surface area contributed by atoms with E-state index in [1.165, 1.54) is 13.8 Å². The van der Waals surface area contributed by atoms with Crippen LogP contribution in [0, 0.1) is 0 Å². The summed E-state index contributed by atoms with van der Waals surface area (Å²) in [6.07, 6.45) is -0.499. The molecule has 0 spiro atoms. The Balaban J connectivity index is 2.86. The van der Waals surface area contributed by atoms with Crippen molar-refractivity contribution in [2.45, 2.75) is 63.4 Å². The van der Waals surface area contributed by atoms with E-state index in [-0.39, 0.29) is 18.8 Å². The molecule has 1 aromatic rings. The van der Waals surface area contributed by atoms with Gasteiger partial charge in [0.25, 0.3) is 0 Å². The van der Waals surface area contributed by atoms with Crippen LogP contribution >= 0.6 is 0 Å². The van der Waals surface area contributed by atoms with Crippen molar-refractivity contribution in [2.75, 3.05) is 6.54 Å². The lowest BCUT2D eigenvalue weighted by Gasteiger charge is -2.24. The first-order valence-electron chi connectivity index (χ1n) is 11.1. The largest absolute Gasteiger partial charge is 0.480 e. The van der Waals surface area contributed by atoms with Gasteiger partial charge in [-0.3, -0.25) is 19.4 Å². The molecule has 1 rings (SSSR count). The molecule has 0 bridgehead atoms. The number of hydrogen-bond acceptors (Lipinski definition) is 7. The molecule has 0 saturated carbocycles. The van der Waals surface area contributed by atoms with Crippen LogP contribution in [0.1, 0.15) is 32.3 Å². The van der Waals surface area contributed by atoms with Gasteiger partial charge < -0.3 is 43.4 Å².